The first-order valence-corrected chi connectivity index (χ1v) is 9.56. The fourth-order valence-corrected chi connectivity index (χ4v) is 3.02. The molecule has 0 atom stereocenters. The van der Waals surface area contributed by atoms with Crippen LogP contribution in [0.3, 0.4) is 0 Å². The van der Waals surface area contributed by atoms with Gasteiger partial charge in [0.05, 0.1) is 12.2 Å². The van der Waals surface area contributed by atoms with Crippen LogP contribution in [0.2, 0.25) is 0 Å². The van der Waals surface area contributed by atoms with E-state index in [9.17, 15) is 9.59 Å². The van der Waals surface area contributed by atoms with E-state index >= 15 is 0 Å². The smallest absolute Gasteiger partial charge is 0.256 e. The predicted molar refractivity (Wildman–Crippen MR) is 114 cm³/mol. The first-order valence-electron chi connectivity index (χ1n) is 8.77. The molecule has 142 valence electrons. The van der Waals surface area contributed by atoms with Crippen LogP contribution in [-0.2, 0) is 0 Å². The highest BCUT2D eigenvalue weighted by molar-refractivity contribution is 9.10. The molecule has 0 aromatic heterocycles. The number of carbonyl (C=O) groups is 2. The van der Waals surface area contributed by atoms with Gasteiger partial charge in [0.1, 0.15) is 5.75 Å². The van der Waals surface area contributed by atoms with Crippen molar-refractivity contribution in [2.24, 2.45) is 0 Å². The largest absolute Gasteiger partial charge is 0.494 e. The molecule has 3 aromatic rings. The summed E-state index contributed by atoms with van der Waals surface area (Å²) in [5.74, 6) is 0.302. The van der Waals surface area contributed by atoms with Crippen molar-refractivity contribution < 1.29 is 14.3 Å². The Morgan fingerprint density at radius 3 is 1.96 bits per heavy atom. The fourth-order valence-electron chi connectivity index (χ4n) is 2.55. The van der Waals surface area contributed by atoms with Gasteiger partial charge in [0.25, 0.3) is 11.8 Å². The topological polar surface area (TPSA) is 67.4 Å². The van der Waals surface area contributed by atoms with Crippen LogP contribution in [0.25, 0.3) is 0 Å². The highest BCUT2D eigenvalue weighted by Crippen LogP contribution is 2.20. The molecule has 0 radical (unpaired) electrons. The molecule has 0 aliphatic carbocycles. The molecule has 0 aliphatic heterocycles. The summed E-state index contributed by atoms with van der Waals surface area (Å²) in [6.45, 7) is 2.49. The van der Waals surface area contributed by atoms with Gasteiger partial charge in [-0.25, -0.2) is 0 Å². The number of anilines is 2. The second-order valence-electron chi connectivity index (χ2n) is 5.92. The van der Waals surface area contributed by atoms with Crippen LogP contribution < -0.4 is 15.4 Å². The maximum absolute atomic E-state index is 12.3. The number of hydrogen-bond acceptors (Lipinski definition) is 3. The van der Waals surface area contributed by atoms with Crippen LogP contribution in [-0.4, -0.2) is 18.4 Å². The second kappa shape index (κ2) is 9.19. The Kier molecular flexibility index (Phi) is 6.45. The summed E-state index contributed by atoms with van der Waals surface area (Å²) in [5.41, 5.74) is 2.36. The molecule has 0 saturated heterocycles. The molecule has 0 spiro atoms. The minimum Gasteiger partial charge on any atom is -0.494 e. The van der Waals surface area contributed by atoms with E-state index in [1.54, 1.807) is 60.7 Å². The molecule has 0 saturated carbocycles. The number of halogens is 1. The van der Waals surface area contributed by atoms with Crippen molar-refractivity contribution in [1.82, 2.24) is 0 Å². The van der Waals surface area contributed by atoms with Gasteiger partial charge in [-0.1, -0.05) is 12.1 Å². The quantitative estimate of drug-likeness (QED) is 0.544. The molecular formula is C22H19BrN2O3. The van der Waals surface area contributed by atoms with Crippen molar-refractivity contribution in [1.29, 1.82) is 0 Å². The van der Waals surface area contributed by atoms with E-state index in [1.807, 2.05) is 19.1 Å². The van der Waals surface area contributed by atoms with Crippen LogP contribution in [0.15, 0.2) is 77.3 Å². The van der Waals surface area contributed by atoms with Crippen molar-refractivity contribution in [3.8, 4) is 5.75 Å². The Hall–Kier alpha value is -3.12. The molecule has 0 heterocycles. The van der Waals surface area contributed by atoms with Crippen LogP contribution in [0.5, 0.6) is 5.75 Å². The maximum atomic E-state index is 12.3. The minimum absolute atomic E-state index is 0.210. The zero-order chi connectivity index (χ0) is 19.9. The molecule has 6 heteroatoms. The number of amides is 2. The Balaban J connectivity index is 1.61. The lowest BCUT2D eigenvalue weighted by atomic mass is 10.2. The maximum Gasteiger partial charge on any atom is 0.256 e. The Morgan fingerprint density at radius 1 is 0.821 bits per heavy atom. The number of carbonyl (C=O) groups excluding carboxylic acids is 2. The fraction of sp³-hybridized carbons (Fsp3) is 0.0909. The number of hydrogen-bond donors (Lipinski definition) is 2. The number of nitrogens with one attached hydrogen (secondary N) is 2. The van der Waals surface area contributed by atoms with Gasteiger partial charge in [-0.2, -0.15) is 0 Å². The summed E-state index contributed by atoms with van der Waals surface area (Å²) in [7, 11) is 0. The van der Waals surface area contributed by atoms with Crippen LogP contribution >= 0.6 is 15.9 Å². The molecule has 0 aliphatic rings. The number of rotatable bonds is 6. The molecule has 3 rings (SSSR count). The molecule has 0 unspecified atom stereocenters. The van der Waals surface area contributed by atoms with Crippen LogP contribution in [0, 0.1) is 0 Å². The Morgan fingerprint density at radius 2 is 1.39 bits per heavy atom. The SMILES string of the molecule is CCOc1ccc(C(=O)Nc2ccc(NC(=O)c3ccccc3Br)cc2)cc1. The van der Waals surface area contributed by atoms with Gasteiger partial charge >= 0.3 is 0 Å². The van der Waals surface area contributed by atoms with Crippen molar-refractivity contribution >= 4 is 39.1 Å². The molecule has 2 amide bonds. The minimum atomic E-state index is -0.215. The van der Waals surface area contributed by atoms with Gasteiger partial charge in [-0.05, 0) is 83.5 Å². The molecule has 5 nitrogen and oxygen atoms in total. The van der Waals surface area contributed by atoms with Crippen molar-refractivity contribution in [3.05, 3.63) is 88.4 Å². The highest BCUT2D eigenvalue weighted by atomic mass is 79.9. The molecule has 0 fully saturated rings. The van der Waals surface area contributed by atoms with E-state index in [0.29, 0.717) is 29.1 Å². The second-order valence-corrected chi connectivity index (χ2v) is 6.78. The Labute approximate surface area is 171 Å². The molecule has 2 N–H and O–H groups in total. The van der Waals surface area contributed by atoms with Crippen LogP contribution in [0.1, 0.15) is 27.6 Å². The zero-order valence-electron chi connectivity index (χ0n) is 15.2. The summed E-state index contributed by atoms with van der Waals surface area (Å²) in [4.78, 5) is 24.7. The lowest BCUT2D eigenvalue weighted by Crippen LogP contribution is -2.13. The molecule has 28 heavy (non-hydrogen) atoms. The summed E-state index contributed by atoms with van der Waals surface area (Å²) >= 11 is 3.37. The predicted octanol–water partition coefficient (Wildman–Crippen LogP) is 5.35. The lowest BCUT2D eigenvalue weighted by molar-refractivity contribution is 0.101. The average Bonchev–Trinajstić information content (AvgIpc) is 2.70. The number of benzene rings is 3. The highest BCUT2D eigenvalue weighted by Gasteiger charge is 2.10. The summed E-state index contributed by atoms with van der Waals surface area (Å²) in [5, 5.41) is 5.66. The normalized spacial score (nSPS) is 10.2. The van der Waals surface area contributed by atoms with E-state index in [4.69, 9.17) is 4.74 Å². The van der Waals surface area contributed by atoms with Gasteiger partial charge in [0.2, 0.25) is 0 Å². The van der Waals surface area contributed by atoms with E-state index < -0.39 is 0 Å². The Bertz CT molecular complexity index is 970. The van der Waals surface area contributed by atoms with Gasteiger partial charge in [0, 0.05) is 21.4 Å². The third-order valence-corrected chi connectivity index (χ3v) is 4.64. The van der Waals surface area contributed by atoms with Gasteiger partial charge in [0.15, 0.2) is 0 Å². The third kappa shape index (κ3) is 4.98. The first kappa shape index (κ1) is 19.6. The van der Waals surface area contributed by atoms with E-state index in [2.05, 4.69) is 26.6 Å². The van der Waals surface area contributed by atoms with Crippen molar-refractivity contribution in [2.45, 2.75) is 6.92 Å². The lowest BCUT2D eigenvalue weighted by Gasteiger charge is -2.09. The van der Waals surface area contributed by atoms with Gasteiger partial charge < -0.3 is 15.4 Å². The summed E-state index contributed by atoms with van der Waals surface area (Å²) < 4.78 is 6.10. The van der Waals surface area contributed by atoms with Crippen LogP contribution in [0.4, 0.5) is 11.4 Å². The third-order valence-electron chi connectivity index (χ3n) is 3.95. The molecule has 3 aromatic carbocycles. The van der Waals surface area contributed by atoms with E-state index in [-0.39, 0.29) is 11.8 Å². The summed E-state index contributed by atoms with van der Waals surface area (Å²) in [6.07, 6.45) is 0. The van der Waals surface area contributed by atoms with Gasteiger partial charge in [-0.15, -0.1) is 0 Å². The van der Waals surface area contributed by atoms with Crippen molar-refractivity contribution in [3.63, 3.8) is 0 Å². The molecular weight excluding hydrogens is 420 g/mol. The standard InChI is InChI=1S/C22H19BrN2O3/c1-2-28-18-13-7-15(8-14-18)21(26)24-16-9-11-17(12-10-16)25-22(27)19-5-3-4-6-20(19)23/h3-14H,2H2,1H3,(H,24,26)(H,25,27). The van der Waals surface area contributed by atoms with Crippen molar-refractivity contribution in [2.75, 3.05) is 17.2 Å². The number of ether oxygens (including phenoxy) is 1. The summed E-state index contributed by atoms with van der Waals surface area (Å²) in [6, 6.07) is 21.1. The zero-order valence-corrected chi connectivity index (χ0v) is 16.8. The molecule has 0 bridgehead atoms. The average molecular weight is 439 g/mol. The van der Waals surface area contributed by atoms with Gasteiger partial charge in [-0.3, -0.25) is 9.59 Å². The van der Waals surface area contributed by atoms with E-state index in [0.717, 1.165) is 10.2 Å². The van der Waals surface area contributed by atoms with E-state index in [1.165, 1.54) is 0 Å². The first-order chi connectivity index (χ1) is 13.6. The monoisotopic (exact) mass is 438 g/mol.